The second-order valence-corrected chi connectivity index (χ2v) is 10.0. The van der Waals surface area contributed by atoms with Crippen LogP contribution in [0.15, 0.2) is 72.4 Å². The largest absolute Gasteiger partial charge is 0.416 e. The highest BCUT2D eigenvalue weighted by Crippen LogP contribution is 2.44. The minimum Gasteiger partial charge on any atom is -0.370 e. The normalized spacial score (nSPS) is 24.5. The van der Waals surface area contributed by atoms with Gasteiger partial charge in [-0.25, -0.2) is 4.99 Å². The Morgan fingerprint density at radius 3 is 2.38 bits per heavy atom. The summed E-state index contributed by atoms with van der Waals surface area (Å²) in [6.07, 6.45) is -4.50. The number of nitrogens with zero attached hydrogens (tertiary/aromatic N) is 3. The molecule has 3 unspecified atom stereocenters. The smallest absolute Gasteiger partial charge is 0.370 e. The summed E-state index contributed by atoms with van der Waals surface area (Å²) in [5.74, 6) is 0.460. The van der Waals surface area contributed by atoms with E-state index in [1.165, 1.54) is 0 Å². The van der Waals surface area contributed by atoms with E-state index in [9.17, 15) is 26.3 Å². The Balaban J connectivity index is 1.55. The summed E-state index contributed by atoms with van der Waals surface area (Å²) in [5.41, 5.74) is 4.45. The predicted octanol–water partition coefficient (Wildman–Crippen LogP) is 6.64. The van der Waals surface area contributed by atoms with E-state index in [0.29, 0.717) is 24.0 Å². The van der Waals surface area contributed by atoms with Gasteiger partial charge >= 0.3 is 12.4 Å². The summed E-state index contributed by atoms with van der Waals surface area (Å²) in [6.45, 7) is 5.61. The van der Waals surface area contributed by atoms with E-state index in [0.717, 1.165) is 42.4 Å². The number of para-hydroxylation sites is 1. The summed E-state index contributed by atoms with van der Waals surface area (Å²) in [4.78, 5) is 11.4. The Hall–Kier alpha value is -3.60. The number of guanidine groups is 1. The van der Waals surface area contributed by atoms with Crippen LogP contribution in [-0.2, 0) is 12.4 Å². The number of pyridine rings is 1. The lowest BCUT2D eigenvalue weighted by atomic mass is 9.73. The molecule has 1 aromatic heterocycles. The van der Waals surface area contributed by atoms with Gasteiger partial charge in [0.2, 0.25) is 0 Å². The fraction of sp³-hybridized carbons (Fsp3) is 0.357. The molecule has 5 atom stereocenters. The Bertz CT molecular complexity index is 1360. The number of nitrogens with two attached hydrogens (primary N) is 1. The second-order valence-electron chi connectivity index (χ2n) is 10.0. The van der Waals surface area contributed by atoms with Gasteiger partial charge in [0, 0.05) is 29.9 Å². The molecule has 3 N–H and O–H groups in total. The van der Waals surface area contributed by atoms with Crippen LogP contribution < -0.4 is 11.1 Å². The molecule has 0 saturated carbocycles. The van der Waals surface area contributed by atoms with Crippen molar-refractivity contribution >= 4 is 22.5 Å². The van der Waals surface area contributed by atoms with E-state index >= 15 is 0 Å². The second kappa shape index (κ2) is 10.2. The molecule has 3 saturated heterocycles. The third kappa shape index (κ3) is 5.59. The first-order valence-corrected chi connectivity index (χ1v) is 12.5. The van der Waals surface area contributed by atoms with Crippen LogP contribution in [0.4, 0.5) is 32.0 Å². The van der Waals surface area contributed by atoms with Crippen LogP contribution in [0.5, 0.6) is 0 Å². The van der Waals surface area contributed by atoms with Crippen LogP contribution in [0, 0.1) is 11.8 Å². The summed E-state index contributed by atoms with van der Waals surface area (Å²) < 4.78 is 80.2. The minimum absolute atomic E-state index is 0.0710. The van der Waals surface area contributed by atoms with Crippen LogP contribution >= 0.6 is 0 Å². The summed E-state index contributed by atoms with van der Waals surface area (Å²) in [5, 5.41) is 3.35. The van der Waals surface area contributed by atoms with Crippen molar-refractivity contribution in [2.75, 3.05) is 18.4 Å². The Morgan fingerprint density at radius 2 is 1.77 bits per heavy atom. The van der Waals surface area contributed by atoms with Gasteiger partial charge in [-0.15, -0.1) is 6.58 Å². The predicted molar refractivity (Wildman–Crippen MR) is 138 cm³/mol. The average Bonchev–Trinajstić information content (AvgIpc) is 2.90. The number of aliphatic imine (C=N–C) groups is 1. The van der Waals surface area contributed by atoms with Gasteiger partial charge in [-0.2, -0.15) is 26.3 Å². The lowest BCUT2D eigenvalue weighted by molar-refractivity contribution is -0.143. The van der Waals surface area contributed by atoms with Gasteiger partial charge in [0.25, 0.3) is 0 Å². The Morgan fingerprint density at radius 1 is 1.08 bits per heavy atom. The molecule has 6 rings (SSSR count). The van der Waals surface area contributed by atoms with E-state index in [-0.39, 0.29) is 18.1 Å². The van der Waals surface area contributed by atoms with E-state index in [4.69, 9.17) is 10.7 Å². The van der Waals surface area contributed by atoms with Crippen LogP contribution in [0.25, 0.3) is 10.9 Å². The highest BCUT2D eigenvalue weighted by molar-refractivity contribution is 5.93. The van der Waals surface area contributed by atoms with Gasteiger partial charge in [-0.05, 0) is 67.1 Å². The van der Waals surface area contributed by atoms with Crippen LogP contribution in [0.2, 0.25) is 0 Å². The SMILES string of the molecule is C=CC1CN2CCC1C[C@H]2[C@@H](N=C(N)Nc1cc(C(F)(F)F)cc(C(F)(F)F)c1)c1ccnc2ccccc12. The van der Waals surface area contributed by atoms with Crippen LogP contribution in [0.1, 0.15) is 35.6 Å². The molecule has 11 heteroatoms. The van der Waals surface area contributed by atoms with E-state index < -0.39 is 35.2 Å². The fourth-order valence-electron chi connectivity index (χ4n) is 5.80. The molecule has 4 heterocycles. The quantitative estimate of drug-likeness (QED) is 0.163. The number of piperidine rings is 3. The van der Waals surface area contributed by atoms with Gasteiger partial charge < -0.3 is 11.1 Å². The van der Waals surface area contributed by atoms with Gasteiger partial charge in [0.05, 0.1) is 22.7 Å². The van der Waals surface area contributed by atoms with Crippen molar-refractivity contribution in [2.45, 2.75) is 37.3 Å². The zero-order valence-electron chi connectivity index (χ0n) is 20.8. The lowest BCUT2D eigenvalue weighted by Gasteiger charge is -2.51. The summed E-state index contributed by atoms with van der Waals surface area (Å²) in [6, 6.07) is 10.0. The van der Waals surface area contributed by atoms with Crippen molar-refractivity contribution in [3.63, 3.8) is 0 Å². The number of benzene rings is 2. The third-order valence-corrected chi connectivity index (χ3v) is 7.66. The zero-order valence-corrected chi connectivity index (χ0v) is 20.8. The molecule has 3 aliphatic heterocycles. The highest BCUT2D eigenvalue weighted by Gasteiger charge is 2.43. The number of halogens is 6. The average molecular weight is 548 g/mol. The van der Waals surface area contributed by atoms with E-state index in [1.807, 2.05) is 36.4 Å². The molecule has 2 bridgehead atoms. The summed E-state index contributed by atoms with van der Waals surface area (Å²) >= 11 is 0. The topological polar surface area (TPSA) is 66.5 Å². The minimum atomic E-state index is -4.97. The molecular formula is C28H27F6N5. The maximum atomic E-state index is 13.4. The number of hydrogen-bond donors (Lipinski definition) is 2. The Kier molecular flexibility index (Phi) is 7.04. The molecule has 5 nitrogen and oxygen atoms in total. The molecule has 0 spiro atoms. The first-order chi connectivity index (χ1) is 18.4. The molecule has 2 aromatic carbocycles. The molecule has 0 aliphatic carbocycles. The Labute approximate surface area is 221 Å². The third-order valence-electron chi connectivity index (χ3n) is 7.66. The maximum absolute atomic E-state index is 13.4. The standard InChI is InChI=1S/C28H27F6N5/c1-2-16-15-39-10-8-17(16)11-24(39)25(22-7-9-36-23-6-4-3-5-21(22)23)38-26(35)37-20-13-18(27(29,30)31)12-19(14-20)28(32,33)34/h2-7,9,12-14,16-17,24-25H,1,8,10-11,15H2,(H3,35,37,38)/t16?,17?,24-,25-/m0/s1. The van der Waals surface area contributed by atoms with E-state index in [1.54, 1.807) is 6.20 Å². The number of hydrogen-bond acceptors (Lipinski definition) is 3. The van der Waals surface area contributed by atoms with Crippen molar-refractivity contribution in [1.82, 2.24) is 9.88 Å². The monoisotopic (exact) mass is 547 g/mol. The molecule has 206 valence electrons. The number of rotatable bonds is 5. The lowest BCUT2D eigenvalue weighted by Crippen LogP contribution is -2.54. The van der Waals surface area contributed by atoms with Gasteiger partial charge in [0.1, 0.15) is 0 Å². The molecule has 3 fully saturated rings. The highest BCUT2D eigenvalue weighted by atomic mass is 19.4. The summed E-state index contributed by atoms with van der Waals surface area (Å²) in [7, 11) is 0. The van der Waals surface area contributed by atoms with Crippen molar-refractivity contribution in [3.05, 3.63) is 84.1 Å². The molecule has 0 amide bonds. The van der Waals surface area contributed by atoms with Gasteiger partial charge in [-0.3, -0.25) is 9.88 Å². The fourth-order valence-corrected chi connectivity index (χ4v) is 5.80. The number of alkyl halides is 6. The number of anilines is 1. The van der Waals surface area contributed by atoms with Crippen LogP contribution in [0.3, 0.4) is 0 Å². The van der Waals surface area contributed by atoms with Gasteiger partial charge in [0.15, 0.2) is 5.96 Å². The zero-order chi connectivity index (χ0) is 27.9. The van der Waals surface area contributed by atoms with Crippen molar-refractivity contribution in [2.24, 2.45) is 22.6 Å². The molecule has 39 heavy (non-hydrogen) atoms. The number of nitrogens with one attached hydrogen (secondary N) is 1. The maximum Gasteiger partial charge on any atom is 0.416 e. The van der Waals surface area contributed by atoms with Crippen molar-refractivity contribution < 1.29 is 26.3 Å². The van der Waals surface area contributed by atoms with Gasteiger partial charge in [-0.1, -0.05) is 24.3 Å². The van der Waals surface area contributed by atoms with E-state index in [2.05, 4.69) is 21.8 Å². The molecule has 3 aliphatic rings. The number of fused-ring (bicyclic) bond motifs is 4. The molecule has 3 aromatic rings. The van der Waals surface area contributed by atoms with Crippen molar-refractivity contribution in [3.8, 4) is 0 Å². The first-order valence-electron chi connectivity index (χ1n) is 12.5. The molecule has 0 radical (unpaired) electrons. The number of aromatic nitrogens is 1. The van der Waals surface area contributed by atoms with Crippen LogP contribution in [-0.4, -0.2) is 35.0 Å². The van der Waals surface area contributed by atoms with Crippen molar-refractivity contribution in [1.29, 1.82) is 0 Å². The molecular weight excluding hydrogens is 520 g/mol. The first kappa shape index (κ1) is 27.0.